The molecule has 0 radical (unpaired) electrons. The Morgan fingerprint density at radius 2 is 0.778 bits per heavy atom. The molecule has 10 aromatic carbocycles. The SMILES string of the molecule is CC1(C)c2ccccc2-c2ccc(N(c3ccc(-c4ccccc4)cc3)c3ccc(-c4ccc5c6c(ccc5c4)-c4ccccc4C6(c4ccccc4)c4ccccc4)cc3)cc21. The van der Waals surface area contributed by atoms with Gasteiger partial charge in [0.05, 0.1) is 5.41 Å². The van der Waals surface area contributed by atoms with Gasteiger partial charge in [-0.25, -0.2) is 0 Å². The predicted octanol–water partition coefficient (Wildman–Crippen LogP) is 16.3. The molecule has 0 spiro atoms. The summed E-state index contributed by atoms with van der Waals surface area (Å²) in [5, 5.41) is 2.52. The van der Waals surface area contributed by atoms with Crippen molar-refractivity contribution >= 4 is 27.8 Å². The molecule has 0 fully saturated rings. The number of rotatable bonds is 7. The highest BCUT2D eigenvalue weighted by Crippen LogP contribution is 2.58. The largest absolute Gasteiger partial charge is 0.310 e. The molecule has 12 rings (SSSR count). The Hall–Kier alpha value is -7.74. The van der Waals surface area contributed by atoms with E-state index in [4.69, 9.17) is 0 Å². The number of benzene rings is 10. The summed E-state index contributed by atoms with van der Waals surface area (Å²) in [5.74, 6) is 0. The molecule has 0 aromatic heterocycles. The van der Waals surface area contributed by atoms with E-state index >= 15 is 0 Å². The normalized spacial score (nSPS) is 13.8. The molecule has 2 aliphatic rings. The van der Waals surface area contributed by atoms with Crippen LogP contribution in [0.4, 0.5) is 17.1 Å². The number of anilines is 3. The third-order valence-electron chi connectivity index (χ3n) is 13.9. The second-order valence-electron chi connectivity index (χ2n) is 17.6. The lowest BCUT2D eigenvalue weighted by atomic mass is 9.66. The Bertz CT molecular complexity index is 3290. The van der Waals surface area contributed by atoms with Crippen LogP contribution >= 0.6 is 0 Å². The molecule has 0 atom stereocenters. The molecule has 0 aliphatic heterocycles. The average Bonchev–Trinajstić information content (AvgIpc) is 3.78. The molecular formula is C62H45N. The zero-order valence-electron chi connectivity index (χ0n) is 35.5. The highest BCUT2D eigenvalue weighted by Gasteiger charge is 2.47. The van der Waals surface area contributed by atoms with E-state index in [2.05, 4.69) is 255 Å². The number of hydrogen-bond acceptors (Lipinski definition) is 1. The molecule has 0 unspecified atom stereocenters. The molecule has 0 N–H and O–H groups in total. The van der Waals surface area contributed by atoms with Gasteiger partial charge in [0.2, 0.25) is 0 Å². The van der Waals surface area contributed by atoms with Gasteiger partial charge in [-0.2, -0.15) is 0 Å². The summed E-state index contributed by atoms with van der Waals surface area (Å²) in [6, 6.07) is 87.6. The van der Waals surface area contributed by atoms with E-state index in [1.807, 2.05) is 0 Å². The second kappa shape index (κ2) is 14.4. The van der Waals surface area contributed by atoms with E-state index in [9.17, 15) is 0 Å². The molecule has 0 saturated heterocycles. The Balaban J connectivity index is 0.965. The number of nitrogens with zero attached hydrogens (tertiary/aromatic N) is 1. The Morgan fingerprint density at radius 1 is 0.317 bits per heavy atom. The zero-order chi connectivity index (χ0) is 42.1. The summed E-state index contributed by atoms with van der Waals surface area (Å²) in [7, 11) is 0. The van der Waals surface area contributed by atoms with Crippen LogP contribution < -0.4 is 4.90 Å². The first kappa shape index (κ1) is 37.1. The molecule has 10 aromatic rings. The highest BCUT2D eigenvalue weighted by atomic mass is 15.1. The molecule has 298 valence electrons. The minimum atomic E-state index is -0.449. The summed E-state index contributed by atoms with van der Waals surface area (Å²) < 4.78 is 0. The molecule has 0 saturated carbocycles. The van der Waals surface area contributed by atoms with Gasteiger partial charge in [-0.1, -0.05) is 208 Å². The van der Waals surface area contributed by atoms with Gasteiger partial charge in [0, 0.05) is 22.5 Å². The van der Waals surface area contributed by atoms with Gasteiger partial charge in [0.1, 0.15) is 0 Å². The lowest BCUT2D eigenvalue weighted by Gasteiger charge is -2.34. The van der Waals surface area contributed by atoms with Crippen LogP contribution in [0.3, 0.4) is 0 Å². The van der Waals surface area contributed by atoms with Gasteiger partial charge in [0.25, 0.3) is 0 Å². The van der Waals surface area contributed by atoms with E-state index in [0.717, 1.165) is 17.1 Å². The molecule has 0 amide bonds. The highest BCUT2D eigenvalue weighted by molar-refractivity contribution is 6.01. The summed E-state index contributed by atoms with van der Waals surface area (Å²) in [4.78, 5) is 2.41. The van der Waals surface area contributed by atoms with E-state index < -0.39 is 5.41 Å². The van der Waals surface area contributed by atoms with Crippen molar-refractivity contribution in [2.75, 3.05) is 4.90 Å². The summed E-state index contributed by atoms with van der Waals surface area (Å²) in [5.41, 5.74) is 20.9. The van der Waals surface area contributed by atoms with Gasteiger partial charge in [-0.05, 0) is 131 Å². The van der Waals surface area contributed by atoms with Crippen LogP contribution in [0, 0.1) is 0 Å². The molecule has 2 aliphatic carbocycles. The molecule has 0 bridgehead atoms. The second-order valence-corrected chi connectivity index (χ2v) is 17.6. The first-order valence-electron chi connectivity index (χ1n) is 22.1. The van der Waals surface area contributed by atoms with Gasteiger partial charge in [0.15, 0.2) is 0 Å². The Labute approximate surface area is 370 Å². The van der Waals surface area contributed by atoms with E-state index in [-0.39, 0.29) is 5.41 Å². The fourth-order valence-corrected chi connectivity index (χ4v) is 11.0. The van der Waals surface area contributed by atoms with E-state index in [0.29, 0.717) is 0 Å². The Kier molecular flexibility index (Phi) is 8.49. The molecule has 1 nitrogen and oxygen atoms in total. The van der Waals surface area contributed by atoms with Gasteiger partial charge in [-0.15, -0.1) is 0 Å². The first-order valence-corrected chi connectivity index (χ1v) is 22.1. The van der Waals surface area contributed by atoms with Crippen LogP contribution in [0.15, 0.2) is 237 Å². The topological polar surface area (TPSA) is 3.24 Å². The van der Waals surface area contributed by atoms with Crippen molar-refractivity contribution in [1.29, 1.82) is 0 Å². The standard InChI is InChI=1S/C62H45N/c1-61(2)57-24-14-12-22-53(57)55-39-36-51(41-59(55)61)63(49-32-26-43(27-33-49)42-16-6-3-7-17-42)50-34-28-44(29-35-50)45-30-37-52-46(40-45)31-38-56-54-23-13-15-25-58(54)62(60(52)56,47-18-8-4-9-19-47)48-20-10-5-11-21-48/h3-41H,1-2H3. The lowest BCUT2D eigenvalue weighted by Crippen LogP contribution is -2.28. The van der Waals surface area contributed by atoms with Gasteiger partial charge >= 0.3 is 0 Å². The van der Waals surface area contributed by atoms with E-state index in [1.54, 1.807) is 0 Å². The molecular weight excluding hydrogens is 759 g/mol. The summed E-state index contributed by atoms with van der Waals surface area (Å²) in [6.45, 7) is 4.71. The van der Waals surface area contributed by atoms with Gasteiger partial charge in [-0.3, -0.25) is 0 Å². The first-order chi connectivity index (χ1) is 31.0. The fourth-order valence-electron chi connectivity index (χ4n) is 11.0. The van der Waals surface area contributed by atoms with Crippen LogP contribution in [0.1, 0.15) is 47.2 Å². The quantitative estimate of drug-likeness (QED) is 0.155. The molecule has 0 heterocycles. The summed E-state index contributed by atoms with van der Waals surface area (Å²) >= 11 is 0. The van der Waals surface area contributed by atoms with Crippen molar-refractivity contribution in [3.8, 4) is 44.5 Å². The fraction of sp³-hybridized carbons (Fsp3) is 0.0645. The molecule has 63 heavy (non-hydrogen) atoms. The van der Waals surface area contributed by atoms with Crippen molar-refractivity contribution in [1.82, 2.24) is 0 Å². The minimum Gasteiger partial charge on any atom is -0.310 e. The maximum absolute atomic E-state index is 2.42. The van der Waals surface area contributed by atoms with Crippen LogP contribution in [-0.2, 0) is 10.8 Å². The third-order valence-corrected chi connectivity index (χ3v) is 13.9. The van der Waals surface area contributed by atoms with Crippen molar-refractivity contribution in [3.63, 3.8) is 0 Å². The van der Waals surface area contributed by atoms with Crippen LogP contribution in [-0.4, -0.2) is 0 Å². The Morgan fingerprint density at radius 3 is 1.41 bits per heavy atom. The number of fused-ring (bicyclic) bond motifs is 8. The van der Waals surface area contributed by atoms with Crippen LogP contribution in [0.2, 0.25) is 0 Å². The monoisotopic (exact) mass is 803 g/mol. The maximum atomic E-state index is 2.42. The molecule has 1 heteroatoms. The van der Waals surface area contributed by atoms with Crippen molar-refractivity contribution in [3.05, 3.63) is 270 Å². The van der Waals surface area contributed by atoms with Crippen molar-refractivity contribution in [2.45, 2.75) is 24.7 Å². The summed E-state index contributed by atoms with van der Waals surface area (Å²) in [6.07, 6.45) is 0. The zero-order valence-corrected chi connectivity index (χ0v) is 35.5. The smallest absolute Gasteiger partial charge is 0.0719 e. The van der Waals surface area contributed by atoms with Crippen LogP contribution in [0.25, 0.3) is 55.3 Å². The number of hydrogen-bond donors (Lipinski definition) is 0. The van der Waals surface area contributed by atoms with Crippen molar-refractivity contribution in [2.24, 2.45) is 0 Å². The minimum absolute atomic E-state index is 0.102. The lowest BCUT2D eigenvalue weighted by molar-refractivity contribution is 0.660. The predicted molar refractivity (Wildman–Crippen MR) is 264 cm³/mol. The third kappa shape index (κ3) is 5.70. The van der Waals surface area contributed by atoms with E-state index in [1.165, 1.54) is 88.7 Å². The average molecular weight is 804 g/mol. The van der Waals surface area contributed by atoms with Crippen molar-refractivity contribution < 1.29 is 0 Å². The van der Waals surface area contributed by atoms with Gasteiger partial charge < -0.3 is 4.90 Å². The van der Waals surface area contributed by atoms with Crippen LogP contribution in [0.5, 0.6) is 0 Å². The maximum Gasteiger partial charge on any atom is 0.0719 e.